The van der Waals surface area contributed by atoms with Crippen LogP contribution in [0.1, 0.15) is 10.4 Å². The average Bonchev–Trinajstić information content (AvgIpc) is 2.62. The summed E-state index contributed by atoms with van der Waals surface area (Å²) >= 11 is 0. The van der Waals surface area contributed by atoms with E-state index in [1.54, 1.807) is 13.1 Å². The van der Waals surface area contributed by atoms with E-state index in [4.69, 9.17) is 4.74 Å². The number of likely N-dealkylation sites (N-methyl/N-ethyl adjacent to an activating group) is 1. The van der Waals surface area contributed by atoms with Crippen LogP contribution in [-0.2, 0) is 10.0 Å². The van der Waals surface area contributed by atoms with Crippen LogP contribution >= 0.6 is 0 Å². The molecule has 26 heavy (non-hydrogen) atoms. The van der Waals surface area contributed by atoms with Crippen LogP contribution in [-0.4, -0.2) is 57.8 Å². The first-order valence-electron chi connectivity index (χ1n) is 7.88. The Morgan fingerprint density at radius 1 is 1.08 bits per heavy atom. The molecule has 0 saturated heterocycles. The molecular weight excluding hydrogens is 359 g/mol. The summed E-state index contributed by atoms with van der Waals surface area (Å²) in [4.78, 5) is 14.0. The summed E-state index contributed by atoms with van der Waals surface area (Å²) in [6, 6.07) is 11.5. The van der Waals surface area contributed by atoms with Crippen molar-refractivity contribution in [2.45, 2.75) is 4.90 Å². The lowest BCUT2D eigenvalue weighted by molar-refractivity contribution is 0.0773. The fourth-order valence-electron chi connectivity index (χ4n) is 2.15. The van der Waals surface area contributed by atoms with Gasteiger partial charge in [-0.25, -0.2) is 17.1 Å². The van der Waals surface area contributed by atoms with E-state index in [2.05, 4.69) is 0 Å². The Balaban J connectivity index is 2.00. The van der Waals surface area contributed by atoms with Crippen LogP contribution in [0.5, 0.6) is 5.75 Å². The Morgan fingerprint density at radius 3 is 2.35 bits per heavy atom. The van der Waals surface area contributed by atoms with Gasteiger partial charge in [-0.2, -0.15) is 0 Å². The Hall–Kier alpha value is -2.45. The van der Waals surface area contributed by atoms with Gasteiger partial charge in [-0.15, -0.1) is 0 Å². The molecule has 0 aliphatic rings. The van der Waals surface area contributed by atoms with Crippen LogP contribution in [0.2, 0.25) is 0 Å². The zero-order chi connectivity index (χ0) is 19.3. The maximum absolute atomic E-state index is 12.8. The Bertz CT molecular complexity index is 867. The second-order valence-corrected chi connectivity index (χ2v) is 8.00. The molecule has 0 aliphatic carbocycles. The van der Waals surface area contributed by atoms with E-state index in [1.165, 1.54) is 61.5 Å². The third-order valence-electron chi connectivity index (χ3n) is 3.72. The van der Waals surface area contributed by atoms with Crippen molar-refractivity contribution in [2.24, 2.45) is 0 Å². The van der Waals surface area contributed by atoms with Crippen LogP contribution < -0.4 is 4.74 Å². The second kappa shape index (κ2) is 8.29. The molecule has 0 atom stereocenters. The highest BCUT2D eigenvalue weighted by Crippen LogP contribution is 2.16. The van der Waals surface area contributed by atoms with Crippen LogP contribution in [0.15, 0.2) is 53.4 Å². The standard InChI is InChI=1S/C18H21FN2O4S/c1-20(2)26(23,24)17-6-4-5-14(13-17)18(22)21(3)11-12-25-16-9-7-15(19)8-10-16/h4-10,13H,11-12H2,1-3H3. The number of sulfonamides is 1. The van der Waals surface area contributed by atoms with E-state index in [0.717, 1.165) is 4.31 Å². The molecule has 0 N–H and O–H groups in total. The quantitative estimate of drug-likeness (QED) is 0.739. The lowest BCUT2D eigenvalue weighted by Gasteiger charge is -2.18. The third-order valence-corrected chi connectivity index (χ3v) is 5.53. The Kier molecular flexibility index (Phi) is 6.33. The molecule has 2 rings (SSSR count). The van der Waals surface area contributed by atoms with Gasteiger partial charge in [0.2, 0.25) is 10.0 Å². The predicted octanol–water partition coefficient (Wildman–Crippen LogP) is 2.23. The van der Waals surface area contributed by atoms with Crippen molar-refractivity contribution in [1.29, 1.82) is 0 Å². The molecule has 8 heteroatoms. The molecule has 0 saturated carbocycles. The molecule has 2 aromatic rings. The smallest absolute Gasteiger partial charge is 0.253 e. The first kappa shape index (κ1) is 19.9. The van der Waals surface area contributed by atoms with E-state index >= 15 is 0 Å². The van der Waals surface area contributed by atoms with E-state index in [0.29, 0.717) is 12.3 Å². The lowest BCUT2D eigenvalue weighted by Crippen LogP contribution is -2.31. The number of benzene rings is 2. The molecule has 1 amide bonds. The van der Waals surface area contributed by atoms with Crippen molar-refractivity contribution in [3.05, 3.63) is 59.9 Å². The topological polar surface area (TPSA) is 66.9 Å². The van der Waals surface area contributed by atoms with Gasteiger partial charge in [-0.3, -0.25) is 4.79 Å². The summed E-state index contributed by atoms with van der Waals surface area (Å²) in [5.41, 5.74) is 0.275. The minimum atomic E-state index is -3.61. The zero-order valence-electron chi connectivity index (χ0n) is 14.8. The van der Waals surface area contributed by atoms with Crippen LogP contribution in [0.4, 0.5) is 4.39 Å². The number of carbonyl (C=O) groups excluding carboxylic acids is 1. The first-order valence-corrected chi connectivity index (χ1v) is 9.32. The van der Waals surface area contributed by atoms with Gasteiger partial charge in [-0.05, 0) is 42.5 Å². The fraction of sp³-hybridized carbons (Fsp3) is 0.278. The summed E-state index contributed by atoms with van der Waals surface area (Å²) in [6.45, 7) is 0.518. The normalized spacial score (nSPS) is 11.4. The maximum Gasteiger partial charge on any atom is 0.253 e. The molecule has 0 fully saturated rings. The van der Waals surface area contributed by atoms with Crippen LogP contribution in [0.25, 0.3) is 0 Å². The number of amides is 1. The van der Waals surface area contributed by atoms with Gasteiger partial charge < -0.3 is 9.64 Å². The second-order valence-electron chi connectivity index (χ2n) is 5.84. The third kappa shape index (κ3) is 4.80. The molecule has 140 valence electrons. The van der Waals surface area contributed by atoms with Crippen molar-refractivity contribution >= 4 is 15.9 Å². The first-order chi connectivity index (χ1) is 12.2. The number of nitrogens with zero attached hydrogens (tertiary/aromatic N) is 2. The van der Waals surface area contributed by atoms with Gasteiger partial charge in [0.15, 0.2) is 0 Å². The number of hydrogen-bond acceptors (Lipinski definition) is 4. The Morgan fingerprint density at radius 2 is 1.73 bits per heavy atom. The molecule has 0 heterocycles. The van der Waals surface area contributed by atoms with Crippen molar-refractivity contribution in [1.82, 2.24) is 9.21 Å². The van der Waals surface area contributed by atoms with Crippen LogP contribution in [0.3, 0.4) is 0 Å². The van der Waals surface area contributed by atoms with Gasteiger partial charge >= 0.3 is 0 Å². The molecule has 0 unspecified atom stereocenters. The molecule has 0 bridgehead atoms. The summed E-state index contributed by atoms with van der Waals surface area (Å²) in [5.74, 6) is -0.160. The van der Waals surface area contributed by atoms with Gasteiger partial charge in [0, 0.05) is 26.7 Å². The highest BCUT2D eigenvalue weighted by molar-refractivity contribution is 7.89. The number of rotatable bonds is 7. The average molecular weight is 380 g/mol. The predicted molar refractivity (Wildman–Crippen MR) is 96.2 cm³/mol. The Labute approximate surface area is 152 Å². The molecule has 6 nitrogen and oxygen atoms in total. The lowest BCUT2D eigenvalue weighted by atomic mass is 10.2. The minimum Gasteiger partial charge on any atom is -0.492 e. The van der Waals surface area contributed by atoms with E-state index in [-0.39, 0.29) is 28.8 Å². The maximum atomic E-state index is 12.8. The summed E-state index contributed by atoms with van der Waals surface area (Å²) in [5, 5.41) is 0. The van der Waals surface area contributed by atoms with E-state index in [9.17, 15) is 17.6 Å². The zero-order valence-corrected chi connectivity index (χ0v) is 15.7. The van der Waals surface area contributed by atoms with E-state index < -0.39 is 10.0 Å². The van der Waals surface area contributed by atoms with E-state index in [1.807, 2.05) is 0 Å². The highest BCUT2D eigenvalue weighted by atomic mass is 32.2. The molecule has 0 aliphatic heterocycles. The van der Waals surface area contributed by atoms with Crippen molar-refractivity contribution in [2.75, 3.05) is 34.3 Å². The number of halogens is 1. The van der Waals surface area contributed by atoms with Crippen molar-refractivity contribution < 1.29 is 22.3 Å². The summed E-state index contributed by atoms with van der Waals surface area (Å²) in [7, 11) is 0.859. The van der Waals surface area contributed by atoms with Crippen molar-refractivity contribution in [3.63, 3.8) is 0 Å². The molecule has 0 spiro atoms. The number of hydrogen-bond donors (Lipinski definition) is 0. The molecular formula is C18H21FN2O4S. The highest BCUT2D eigenvalue weighted by Gasteiger charge is 2.20. The minimum absolute atomic E-state index is 0.0595. The summed E-state index contributed by atoms with van der Waals surface area (Å²) < 4.78 is 43.8. The molecule has 2 aromatic carbocycles. The molecule has 0 radical (unpaired) electrons. The largest absolute Gasteiger partial charge is 0.492 e. The summed E-state index contributed by atoms with van der Waals surface area (Å²) in [6.07, 6.45) is 0. The number of ether oxygens (including phenoxy) is 1. The molecule has 0 aromatic heterocycles. The SMILES string of the molecule is CN(CCOc1ccc(F)cc1)C(=O)c1cccc(S(=O)(=O)N(C)C)c1. The van der Waals surface area contributed by atoms with Gasteiger partial charge in [0.05, 0.1) is 11.4 Å². The number of carbonyl (C=O) groups is 1. The van der Waals surface area contributed by atoms with Crippen molar-refractivity contribution in [3.8, 4) is 5.75 Å². The van der Waals surface area contributed by atoms with Gasteiger partial charge in [0.25, 0.3) is 5.91 Å². The van der Waals surface area contributed by atoms with Gasteiger partial charge in [0.1, 0.15) is 18.2 Å². The fourth-order valence-corrected chi connectivity index (χ4v) is 3.10. The van der Waals surface area contributed by atoms with Crippen LogP contribution in [0, 0.1) is 5.82 Å². The van der Waals surface area contributed by atoms with Gasteiger partial charge in [-0.1, -0.05) is 6.07 Å². The monoisotopic (exact) mass is 380 g/mol.